The molecule has 2 rings (SSSR count). The molecule has 0 heterocycles. The van der Waals surface area contributed by atoms with Gasteiger partial charge in [0.1, 0.15) is 5.78 Å². The second-order valence-electron chi connectivity index (χ2n) is 3.90. The van der Waals surface area contributed by atoms with E-state index in [-0.39, 0.29) is 11.5 Å². The number of benzene rings is 1. The topological polar surface area (TPSA) is 77.3 Å². The van der Waals surface area contributed by atoms with E-state index in [2.05, 4.69) is 0 Å². The number of Topliss-reactive ketones (excluding diaryl/α,β-unsaturated/α-hetero) is 1. The highest BCUT2D eigenvalue weighted by Crippen LogP contribution is 2.25. The van der Waals surface area contributed by atoms with Crippen LogP contribution in [0.3, 0.4) is 0 Å². The summed E-state index contributed by atoms with van der Waals surface area (Å²) in [5.74, 6) is 0.0293. The first-order valence-electron chi connectivity index (χ1n) is 5.27. The van der Waals surface area contributed by atoms with Crippen LogP contribution in [-0.4, -0.2) is 20.2 Å². The maximum Gasteiger partial charge on any atom is 0.269 e. The molecule has 0 N–H and O–H groups in total. The van der Waals surface area contributed by atoms with Crippen molar-refractivity contribution in [2.24, 2.45) is 0 Å². The third-order valence-electron chi connectivity index (χ3n) is 2.79. The molecule has 1 aromatic carbocycles. The van der Waals surface area contributed by atoms with Crippen LogP contribution in [-0.2, 0) is 15.6 Å². The van der Waals surface area contributed by atoms with Gasteiger partial charge >= 0.3 is 0 Å². The maximum atomic E-state index is 12.1. The molecule has 2 atom stereocenters. The van der Waals surface area contributed by atoms with E-state index in [1.807, 2.05) is 0 Å². The number of hydrogen-bond acceptors (Lipinski definition) is 4. The molecule has 0 saturated heterocycles. The highest BCUT2D eigenvalue weighted by molar-refractivity contribution is 7.86. The number of carbonyl (C=O) groups is 1. The molecule has 90 valence electrons. The zero-order valence-electron chi connectivity index (χ0n) is 9.00. The van der Waals surface area contributed by atoms with E-state index >= 15 is 0 Å². The molecule has 0 bridgehead atoms. The zero-order valence-corrected chi connectivity index (χ0v) is 9.81. The van der Waals surface area contributed by atoms with Gasteiger partial charge in [0, 0.05) is 23.4 Å². The van der Waals surface area contributed by atoms with Crippen molar-refractivity contribution in [3.8, 4) is 0 Å². The highest BCUT2D eigenvalue weighted by Gasteiger charge is 2.30. The van der Waals surface area contributed by atoms with Crippen molar-refractivity contribution in [1.82, 2.24) is 0 Å². The van der Waals surface area contributed by atoms with E-state index in [9.17, 15) is 19.1 Å². The molecule has 6 heteroatoms. The summed E-state index contributed by atoms with van der Waals surface area (Å²) >= 11 is 0. The predicted molar refractivity (Wildman–Crippen MR) is 62.2 cm³/mol. The lowest BCUT2D eigenvalue weighted by molar-refractivity contribution is -0.384. The van der Waals surface area contributed by atoms with Crippen LogP contribution in [0.25, 0.3) is 0 Å². The summed E-state index contributed by atoms with van der Waals surface area (Å²) in [4.78, 5) is 21.9. The van der Waals surface area contributed by atoms with Crippen LogP contribution in [0.15, 0.2) is 29.2 Å². The average Bonchev–Trinajstić information content (AvgIpc) is 2.74. The van der Waals surface area contributed by atoms with Gasteiger partial charge in [-0.3, -0.25) is 19.1 Å². The number of carbonyl (C=O) groups excluding carboxylic acids is 1. The number of rotatable bonds is 3. The Kier molecular flexibility index (Phi) is 3.33. The molecule has 0 radical (unpaired) electrons. The fraction of sp³-hybridized carbons (Fsp3) is 0.364. The Labute approximate surface area is 100 Å². The van der Waals surface area contributed by atoms with Gasteiger partial charge in [0.15, 0.2) is 0 Å². The highest BCUT2D eigenvalue weighted by atomic mass is 32.2. The quantitative estimate of drug-likeness (QED) is 0.608. The van der Waals surface area contributed by atoms with Crippen molar-refractivity contribution in [2.45, 2.75) is 29.4 Å². The number of non-ortho nitro benzene ring substituents is 1. The Balaban J connectivity index is 2.20. The van der Waals surface area contributed by atoms with Crippen LogP contribution < -0.4 is 0 Å². The Morgan fingerprint density at radius 1 is 1.29 bits per heavy atom. The van der Waals surface area contributed by atoms with Gasteiger partial charge in [0.05, 0.1) is 21.0 Å². The van der Waals surface area contributed by atoms with Crippen molar-refractivity contribution in [3.05, 3.63) is 34.4 Å². The molecule has 1 fully saturated rings. The summed E-state index contributed by atoms with van der Waals surface area (Å²) < 4.78 is 12.1. The maximum absolute atomic E-state index is 12.1. The van der Waals surface area contributed by atoms with Crippen molar-refractivity contribution in [3.63, 3.8) is 0 Å². The molecule has 2 unspecified atom stereocenters. The Bertz CT molecular complexity index is 483. The third kappa shape index (κ3) is 2.41. The smallest absolute Gasteiger partial charge is 0.269 e. The van der Waals surface area contributed by atoms with Gasteiger partial charge in [-0.1, -0.05) is 0 Å². The molecule has 0 spiro atoms. The number of nitro groups is 1. The predicted octanol–water partition coefficient (Wildman–Crippen LogP) is 1.82. The second kappa shape index (κ2) is 4.75. The summed E-state index contributed by atoms with van der Waals surface area (Å²) in [6.07, 6.45) is 1.91. The van der Waals surface area contributed by atoms with Gasteiger partial charge in [-0.05, 0) is 25.0 Å². The van der Waals surface area contributed by atoms with E-state index in [1.165, 1.54) is 24.3 Å². The summed E-state index contributed by atoms with van der Waals surface area (Å²) in [5.41, 5.74) is -0.0384. The van der Waals surface area contributed by atoms with Crippen LogP contribution in [0, 0.1) is 10.1 Å². The lowest BCUT2D eigenvalue weighted by atomic mass is 10.3. The Morgan fingerprint density at radius 3 is 2.41 bits per heavy atom. The van der Waals surface area contributed by atoms with Crippen LogP contribution in [0.2, 0.25) is 0 Å². The SMILES string of the molecule is O=C1CCCC1S(=O)c1ccc([N+](=O)[O-])cc1. The first-order valence-corrected chi connectivity index (χ1v) is 6.48. The minimum absolute atomic E-state index is 0.0293. The molecule has 1 saturated carbocycles. The van der Waals surface area contributed by atoms with E-state index in [0.717, 1.165) is 6.42 Å². The molecule has 0 aromatic heterocycles. The fourth-order valence-corrected chi connectivity index (χ4v) is 3.35. The molecular weight excluding hydrogens is 242 g/mol. The number of hydrogen-bond donors (Lipinski definition) is 0. The standard InChI is InChI=1S/C11H11NO4S/c13-10-2-1-3-11(10)17(16)9-6-4-8(5-7-9)12(14)15/h4-7,11H,1-3H2. The average molecular weight is 253 g/mol. The first kappa shape index (κ1) is 11.9. The number of nitro benzene ring substituents is 1. The molecule has 17 heavy (non-hydrogen) atoms. The third-order valence-corrected chi connectivity index (χ3v) is 4.54. The van der Waals surface area contributed by atoms with Crippen molar-refractivity contribution >= 4 is 22.3 Å². The summed E-state index contributed by atoms with van der Waals surface area (Å²) in [6.45, 7) is 0. The van der Waals surface area contributed by atoms with E-state index in [4.69, 9.17) is 0 Å². The summed E-state index contributed by atoms with van der Waals surface area (Å²) in [7, 11) is -1.38. The lowest BCUT2D eigenvalue weighted by Crippen LogP contribution is -2.19. The zero-order chi connectivity index (χ0) is 12.4. The van der Waals surface area contributed by atoms with Crippen LogP contribution in [0.1, 0.15) is 19.3 Å². The Hall–Kier alpha value is -1.56. The monoisotopic (exact) mass is 253 g/mol. The van der Waals surface area contributed by atoms with Crippen molar-refractivity contribution in [1.29, 1.82) is 0 Å². The van der Waals surface area contributed by atoms with E-state index < -0.39 is 21.0 Å². The minimum Gasteiger partial charge on any atom is -0.298 e. The van der Waals surface area contributed by atoms with Crippen LogP contribution in [0.5, 0.6) is 0 Å². The molecule has 1 aliphatic rings. The van der Waals surface area contributed by atoms with Gasteiger partial charge in [-0.15, -0.1) is 0 Å². The second-order valence-corrected chi connectivity index (χ2v) is 5.53. The first-order chi connectivity index (χ1) is 8.09. The molecule has 1 aromatic rings. The lowest BCUT2D eigenvalue weighted by Gasteiger charge is -2.07. The molecule has 1 aliphatic carbocycles. The summed E-state index contributed by atoms with van der Waals surface area (Å²) in [6, 6.07) is 5.54. The molecular formula is C11H11NO4S. The number of nitrogens with zero attached hydrogens (tertiary/aromatic N) is 1. The molecule has 0 aliphatic heterocycles. The van der Waals surface area contributed by atoms with Crippen LogP contribution in [0.4, 0.5) is 5.69 Å². The van der Waals surface area contributed by atoms with Crippen LogP contribution >= 0.6 is 0 Å². The fourth-order valence-electron chi connectivity index (χ4n) is 1.88. The van der Waals surface area contributed by atoms with Crippen molar-refractivity contribution < 1.29 is 13.9 Å². The van der Waals surface area contributed by atoms with Gasteiger partial charge in [-0.25, -0.2) is 0 Å². The van der Waals surface area contributed by atoms with Gasteiger partial charge in [0.2, 0.25) is 0 Å². The minimum atomic E-state index is -1.38. The number of ketones is 1. The van der Waals surface area contributed by atoms with Gasteiger partial charge < -0.3 is 0 Å². The largest absolute Gasteiger partial charge is 0.298 e. The molecule has 0 amide bonds. The van der Waals surface area contributed by atoms with Gasteiger partial charge in [-0.2, -0.15) is 0 Å². The van der Waals surface area contributed by atoms with Gasteiger partial charge in [0.25, 0.3) is 5.69 Å². The van der Waals surface area contributed by atoms with E-state index in [1.54, 1.807) is 0 Å². The normalized spacial score (nSPS) is 21.4. The van der Waals surface area contributed by atoms with E-state index in [0.29, 0.717) is 17.7 Å². The van der Waals surface area contributed by atoms with Crippen molar-refractivity contribution in [2.75, 3.05) is 0 Å². The summed E-state index contributed by atoms with van der Waals surface area (Å²) in [5, 5.41) is 10.0. The molecule has 5 nitrogen and oxygen atoms in total. The Morgan fingerprint density at radius 2 is 1.94 bits per heavy atom.